The predicted octanol–water partition coefficient (Wildman–Crippen LogP) is 14.2. The van der Waals surface area contributed by atoms with Crippen LogP contribution >= 0.6 is 0 Å². The highest BCUT2D eigenvalue weighted by Crippen LogP contribution is 2.10. The summed E-state index contributed by atoms with van der Waals surface area (Å²) in [6, 6.07) is 10.4. The summed E-state index contributed by atoms with van der Waals surface area (Å²) < 4.78 is 0. The highest BCUT2D eigenvalue weighted by molar-refractivity contribution is 5.28. The molecular formula is C61H85N11. The first kappa shape index (κ1) is 63.0. The van der Waals surface area contributed by atoms with Gasteiger partial charge in [0.15, 0.2) is 0 Å². The molecule has 384 valence electrons. The number of pyridine rings is 5. The summed E-state index contributed by atoms with van der Waals surface area (Å²) >= 11 is 0. The molecule has 0 aliphatic rings. The first-order chi connectivity index (χ1) is 33.6. The van der Waals surface area contributed by atoms with Crippen LogP contribution in [0.1, 0.15) is 135 Å². The van der Waals surface area contributed by atoms with Gasteiger partial charge in [-0.05, 0) is 251 Å². The van der Waals surface area contributed by atoms with E-state index in [2.05, 4.69) is 142 Å². The van der Waals surface area contributed by atoms with Crippen molar-refractivity contribution in [1.29, 1.82) is 0 Å². The Morgan fingerprint density at radius 1 is 0.264 bits per heavy atom. The third kappa shape index (κ3) is 24.2. The maximum atomic E-state index is 4.27. The van der Waals surface area contributed by atoms with Gasteiger partial charge in [-0.3, -0.25) is 34.9 Å². The third-order valence-corrected chi connectivity index (χ3v) is 12.2. The molecule has 8 rings (SSSR count). The van der Waals surface area contributed by atoms with Gasteiger partial charge in [-0.15, -0.1) is 0 Å². The highest BCUT2D eigenvalue weighted by Gasteiger charge is 1.98. The first-order valence-electron chi connectivity index (χ1n) is 24.4. The van der Waals surface area contributed by atoms with E-state index in [-0.39, 0.29) is 0 Å². The molecule has 0 aliphatic carbocycles. The van der Waals surface area contributed by atoms with Gasteiger partial charge in [-0.2, -0.15) is 0 Å². The Morgan fingerprint density at radius 3 is 1.22 bits per heavy atom. The standard InChI is InChI=1S/5C8H11N.3C7H10N2/c1-6-4-9-5-7(2)8(6)3;1-6-4-8(3)9-5-7(6)2;1-6-4-7(2)8(3)9-5-6;1-6-4-5-9-8(3)7(6)2;1-6-4-5-7(2)9-8(6)3;1-5-6(2)8-4-9-7(5)3;1-5-4-8-6(2)7(3)9-5;1-5-4-8-7(3)9-6(5)2/h5*4-5H,1-3H3;3*4H,1-3H3. The van der Waals surface area contributed by atoms with Crippen LogP contribution in [-0.4, -0.2) is 54.8 Å². The zero-order chi connectivity index (χ0) is 54.8. The molecule has 8 aromatic heterocycles. The molecule has 72 heavy (non-hydrogen) atoms. The van der Waals surface area contributed by atoms with Crippen LogP contribution < -0.4 is 0 Å². The number of hydrogen-bond acceptors (Lipinski definition) is 11. The fourth-order valence-electron chi connectivity index (χ4n) is 5.80. The van der Waals surface area contributed by atoms with E-state index in [0.717, 1.165) is 74.0 Å². The Bertz CT molecular complexity index is 2460. The van der Waals surface area contributed by atoms with Gasteiger partial charge in [0.05, 0.1) is 17.1 Å². The van der Waals surface area contributed by atoms with Crippen LogP contribution in [-0.2, 0) is 0 Å². The lowest BCUT2D eigenvalue weighted by molar-refractivity contribution is 0.986. The van der Waals surface area contributed by atoms with Crippen molar-refractivity contribution in [2.45, 2.75) is 166 Å². The number of aryl methyl sites for hydroxylation is 21. The van der Waals surface area contributed by atoms with Crippen LogP contribution in [0.2, 0.25) is 0 Å². The van der Waals surface area contributed by atoms with Gasteiger partial charge >= 0.3 is 0 Å². The quantitative estimate of drug-likeness (QED) is 0.143. The van der Waals surface area contributed by atoms with Crippen molar-refractivity contribution in [3.63, 3.8) is 0 Å². The fraction of sp³-hybridized carbons (Fsp3) is 0.393. The lowest BCUT2D eigenvalue weighted by Crippen LogP contribution is -1.92. The molecule has 0 bridgehead atoms. The Morgan fingerprint density at radius 2 is 0.806 bits per heavy atom. The van der Waals surface area contributed by atoms with Crippen molar-refractivity contribution in [1.82, 2.24) is 54.8 Å². The Kier molecular flexibility index (Phi) is 28.1. The van der Waals surface area contributed by atoms with E-state index < -0.39 is 0 Å². The van der Waals surface area contributed by atoms with Crippen molar-refractivity contribution in [3.05, 3.63) is 215 Å². The Labute approximate surface area is 434 Å². The molecular weight excluding hydrogens is 887 g/mol. The van der Waals surface area contributed by atoms with Gasteiger partial charge < -0.3 is 0 Å². The van der Waals surface area contributed by atoms with E-state index >= 15 is 0 Å². The molecule has 0 amide bonds. The molecule has 0 saturated carbocycles. The highest BCUT2D eigenvalue weighted by atomic mass is 14.9. The second kappa shape index (κ2) is 32.1. The summed E-state index contributed by atoms with van der Waals surface area (Å²) in [5, 5.41) is 0. The van der Waals surface area contributed by atoms with Crippen molar-refractivity contribution in [2.24, 2.45) is 0 Å². The van der Waals surface area contributed by atoms with E-state index in [1.54, 1.807) is 12.5 Å². The van der Waals surface area contributed by atoms with Crippen LogP contribution in [0.4, 0.5) is 0 Å². The minimum Gasteiger partial charge on any atom is -0.264 e. The predicted molar refractivity (Wildman–Crippen MR) is 301 cm³/mol. The molecule has 8 heterocycles. The monoisotopic (exact) mass is 972 g/mol. The molecule has 0 aromatic carbocycles. The number of rotatable bonds is 0. The summed E-state index contributed by atoms with van der Waals surface area (Å²) in [5.74, 6) is 0.845. The molecule has 0 spiro atoms. The molecule has 0 fully saturated rings. The lowest BCUT2D eigenvalue weighted by atomic mass is 10.1. The molecule has 0 aliphatic heterocycles. The molecule has 8 aromatic rings. The second-order valence-electron chi connectivity index (χ2n) is 18.5. The van der Waals surface area contributed by atoms with Crippen molar-refractivity contribution >= 4 is 0 Å². The van der Waals surface area contributed by atoms with Crippen LogP contribution in [0.3, 0.4) is 0 Å². The Hall–Kier alpha value is -7.01. The zero-order valence-corrected chi connectivity index (χ0v) is 48.4. The van der Waals surface area contributed by atoms with Crippen molar-refractivity contribution < 1.29 is 0 Å². The van der Waals surface area contributed by atoms with Crippen LogP contribution in [0.25, 0.3) is 0 Å². The lowest BCUT2D eigenvalue weighted by Gasteiger charge is -1.99. The third-order valence-electron chi connectivity index (χ3n) is 12.2. The number of aromatic nitrogens is 11. The van der Waals surface area contributed by atoms with E-state index in [1.165, 1.54) is 61.2 Å². The van der Waals surface area contributed by atoms with Gasteiger partial charge in [0.2, 0.25) is 0 Å². The number of hydrogen-bond donors (Lipinski definition) is 0. The summed E-state index contributed by atoms with van der Waals surface area (Å²) in [4.78, 5) is 45.3. The summed E-state index contributed by atoms with van der Waals surface area (Å²) in [5.41, 5.74) is 27.0. The molecule has 0 atom stereocenters. The summed E-state index contributed by atoms with van der Waals surface area (Å²) in [6.07, 6.45) is 14.6. The molecule has 11 heteroatoms. The average Bonchev–Trinajstić information content (AvgIpc) is 3.32. The van der Waals surface area contributed by atoms with Gasteiger partial charge in [0, 0.05) is 88.9 Å². The Balaban J connectivity index is 0.000000411. The fourth-order valence-corrected chi connectivity index (χ4v) is 5.80. The van der Waals surface area contributed by atoms with Gasteiger partial charge in [0.1, 0.15) is 12.2 Å². The molecule has 0 unspecified atom stereocenters. The van der Waals surface area contributed by atoms with E-state index in [1.807, 2.05) is 146 Å². The minimum atomic E-state index is 0.845. The minimum absolute atomic E-state index is 0.845. The second-order valence-corrected chi connectivity index (χ2v) is 18.5. The smallest absolute Gasteiger partial charge is 0.125 e. The van der Waals surface area contributed by atoms with Crippen LogP contribution in [0, 0.1) is 166 Å². The van der Waals surface area contributed by atoms with E-state index in [9.17, 15) is 0 Å². The number of nitrogens with zero attached hydrogens (tertiary/aromatic N) is 11. The molecule has 0 saturated heterocycles. The van der Waals surface area contributed by atoms with Gasteiger partial charge in [-0.25, -0.2) is 19.9 Å². The maximum Gasteiger partial charge on any atom is 0.125 e. The van der Waals surface area contributed by atoms with E-state index in [4.69, 9.17) is 0 Å². The van der Waals surface area contributed by atoms with Crippen molar-refractivity contribution in [3.8, 4) is 0 Å². The summed E-state index contributed by atoms with van der Waals surface area (Å²) in [6.45, 7) is 48.7. The normalized spacial score (nSPS) is 9.67. The van der Waals surface area contributed by atoms with Crippen LogP contribution in [0.5, 0.6) is 0 Å². The van der Waals surface area contributed by atoms with Gasteiger partial charge in [-0.1, -0.05) is 12.1 Å². The van der Waals surface area contributed by atoms with E-state index in [0.29, 0.717) is 0 Å². The SMILES string of the molecule is Cc1cc(C)c(C)cn1.Cc1ccc(C)c(C)n1.Cc1ccnc(C)c1C.Cc1cnc(C)c(C)c1.Cc1cnc(C)c(C)n1.Cc1cncc(C)c1C.Cc1ncc(C)c(C)n1.Cc1ncnc(C)c1C. The average molecular weight is 972 g/mol. The van der Waals surface area contributed by atoms with Gasteiger partial charge in [0.25, 0.3) is 0 Å². The topological polar surface area (TPSA) is 142 Å². The van der Waals surface area contributed by atoms with Crippen molar-refractivity contribution in [2.75, 3.05) is 0 Å². The van der Waals surface area contributed by atoms with Crippen LogP contribution in [0.15, 0.2) is 80.0 Å². The largest absolute Gasteiger partial charge is 0.264 e. The zero-order valence-electron chi connectivity index (χ0n) is 48.4. The maximum absolute atomic E-state index is 4.27. The summed E-state index contributed by atoms with van der Waals surface area (Å²) in [7, 11) is 0. The first-order valence-corrected chi connectivity index (χ1v) is 24.4. The molecule has 0 N–H and O–H groups in total. The molecule has 0 radical (unpaired) electrons. The molecule has 11 nitrogen and oxygen atoms in total.